The summed E-state index contributed by atoms with van der Waals surface area (Å²) in [5.74, 6) is 0. The number of aromatic nitrogens is 2. The van der Waals surface area contributed by atoms with Crippen molar-refractivity contribution in [3.8, 4) is 78.1 Å². The number of allylic oxidation sites excluding steroid dienone is 1. The van der Waals surface area contributed by atoms with Crippen molar-refractivity contribution in [3.05, 3.63) is 200 Å². The summed E-state index contributed by atoms with van der Waals surface area (Å²) in [6, 6.07) is 61.6. The van der Waals surface area contributed by atoms with Crippen molar-refractivity contribution in [2.75, 3.05) is 0 Å². The lowest BCUT2D eigenvalue weighted by Gasteiger charge is -2.18. The Morgan fingerprint density at radius 1 is 0.396 bits per heavy atom. The highest BCUT2D eigenvalue weighted by Crippen LogP contribution is 2.41. The molecule has 0 atom stereocenters. The van der Waals surface area contributed by atoms with Gasteiger partial charge in [-0.05, 0) is 109 Å². The quantitative estimate of drug-likeness (QED) is 0.149. The van der Waals surface area contributed by atoms with E-state index in [4.69, 9.17) is 5.41 Å². The van der Waals surface area contributed by atoms with Crippen LogP contribution in [0, 0.1) is 5.41 Å². The fourth-order valence-corrected chi connectivity index (χ4v) is 6.87. The van der Waals surface area contributed by atoms with Gasteiger partial charge in [0.25, 0.3) is 0 Å². The lowest BCUT2D eigenvalue weighted by atomic mass is 9.86. The minimum atomic E-state index is 0. The first-order valence-electron chi connectivity index (χ1n) is 17.3. The van der Waals surface area contributed by atoms with Crippen LogP contribution < -0.4 is 6.15 Å². The molecular formula is C49H38N4. The largest absolute Gasteiger partial charge is 0.344 e. The van der Waals surface area contributed by atoms with Crippen LogP contribution in [0.1, 0.15) is 5.56 Å². The number of nitrogens with zero attached hydrogens (tertiary/aromatic N) is 2. The van der Waals surface area contributed by atoms with Crippen LogP contribution in [0.3, 0.4) is 0 Å². The van der Waals surface area contributed by atoms with Crippen LogP contribution in [0.15, 0.2) is 195 Å². The Morgan fingerprint density at radius 2 is 0.736 bits per heavy atom. The van der Waals surface area contributed by atoms with E-state index in [1.807, 2.05) is 60.9 Å². The molecular weight excluding hydrogens is 645 g/mol. The number of pyridine rings is 2. The molecule has 6 aromatic carbocycles. The van der Waals surface area contributed by atoms with Crippen LogP contribution in [0.25, 0.3) is 83.7 Å². The monoisotopic (exact) mass is 682 g/mol. The zero-order valence-electron chi connectivity index (χ0n) is 29.3. The molecule has 4 N–H and O–H groups in total. The number of nitrogens with one attached hydrogen (secondary N) is 1. The summed E-state index contributed by atoms with van der Waals surface area (Å²) < 4.78 is 0. The molecule has 0 aliphatic rings. The van der Waals surface area contributed by atoms with Gasteiger partial charge in [-0.2, -0.15) is 0 Å². The Kier molecular flexibility index (Phi) is 10.1. The lowest BCUT2D eigenvalue weighted by molar-refractivity contribution is 1.33. The second kappa shape index (κ2) is 15.5. The van der Waals surface area contributed by atoms with E-state index in [1.54, 1.807) is 0 Å². The standard InChI is InChI=1S/C49H35N3.H3N/c1-34(33-50)42-12-2-3-15-45(42)39-30-40(46-16-6-4-13-43(46)35-20-24-37(25-21-35)48-18-8-10-28-51-48)32-41(31-39)47-17-7-5-14-44(47)36-22-26-38(27-23-36)49-19-9-11-29-52-49;/h2-33,50H,1H2;1H3. The molecule has 0 spiro atoms. The summed E-state index contributed by atoms with van der Waals surface area (Å²) in [6.07, 6.45) is 4.99. The van der Waals surface area contributed by atoms with E-state index in [0.717, 1.165) is 83.7 Å². The molecule has 2 heterocycles. The Bertz CT molecular complexity index is 2380. The van der Waals surface area contributed by atoms with E-state index in [1.165, 1.54) is 6.21 Å². The molecule has 0 saturated heterocycles. The number of hydrogen-bond acceptors (Lipinski definition) is 4. The van der Waals surface area contributed by atoms with Gasteiger partial charge in [-0.3, -0.25) is 9.97 Å². The molecule has 8 aromatic rings. The van der Waals surface area contributed by atoms with Gasteiger partial charge in [0.05, 0.1) is 11.4 Å². The summed E-state index contributed by atoms with van der Waals surface area (Å²) in [4.78, 5) is 9.09. The maximum Gasteiger partial charge on any atom is 0.0701 e. The average Bonchev–Trinajstić information content (AvgIpc) is 3.24. The Hall–Kier alpha value is -7.01. The van der Waals surface area contributed by atoms with Crippen LogP contribution in [0.5, 0.6) is 0 Å². The fourth-order valence-electron chi connectivity index (χ4n) is 6.87. The summed E-state index contributed by atoms with van der Waals surface area (Å²) in [5, 5.41) is 8.01. The van der Waals surface area contributed by atoms with Gasteiger partial charge in [0.1, 0.15) is 0 Å². The van der Waals surface area contributed by atoms with Crippen LogP contribution in [-0.2, 0) is 0 Å². The molecule has 0 unspecified atom stereocenters. The molecule has 0 fully saturated rings. The van der Waals surface area contributed by atoms with E-state index in [9.17, 15) is 0 Å². The summed E-state index contributed by atoms with van der Waals surface area (Å²) in [7, 11) is 0. The van der Waals surface area contributed by atoms with Gasteiger partial charge in [0.15, 0.2) is 0 Å². The third-order valence-electron chi connectivity index (χ3n) is 9.48. The van der Waals surface area contributed by atoms with Crippen LogP contribution in [0.2, 0.25) is 0 Å². The molecule has 0 aliphatic heterocycles. The Labute approximate surface area is 310 Å². The van der Waals surface area contributed by atoms with Gasteiger partial charge in [0.2, 0.25) is 0 Å². The second-order valence-electron chi connectivity index (χ2n) is 12.7. The fraction of sp³-hybridized carbons (Fsp3) is 0. The molecule has 8 rings (SSSR count). The third kappa shape index (κ3) is 7.13. The van der Waals surface area contributed by atoms with E-state index < -0.39 is 0 Å². The van der Waals surface area contributed by atoms with Crippen molar-refractivity contribution >= 4 is 11.8 Å². The molecule has 53 heavy (non-hydrogen) atoms. The number of rotatable bonds is 9. The smallest absolute Gasteiger partial charge is 0.0701 e. The number of benzene rings is 6. The summed E-state index contributed by atoms with van der Waals surface area (Å²) in [6.45, 7) is 4.20. The van der Waals surface area contributed by atoms with E-state index in [-0.39, 0.29) is 6.15 Å². The molecule has 0 bridgehead atoms. The first-order valence-corrected chi connectivity index (χ1v) is 17.3. The van der Waals surface area contributed by atoms with E-state index >= 15 is 0 Å². The topological polar surface area (TPSA) is 84.6 Å². The molecule has 4 nitrogen and oxygen atoms in total. The molecule has 0 amide bonds. The zero-order valence-corrected chi connectivity index (χ0v) is 29.3. The predicted molar refractivity (Wildman–Crippen MR) is 223 cm³/mol. The molecule has 254 valence electrons. The van der Waals surface area contributed by atoms with Gasteiger partial charge in [-0.25, -0.2) is 0 Å². The first-order chi connectivity index (χ1) is 25.7. The van der Waals surface area contributed by atoms with Crippen molar-refractivity contribution in [2.24, 2.45) is 0 Å². The highest BCUT2D eigenvalue weighted by molar-refractivity contribution is 6.10. The molecule has 0 radical (unpaired) electrons. The zero-order chi connectivity index (χ0) is 35.3. The van der Waals surface area contributed by atoms with Crippen molar-refractivity contribution in [1.82, 2.24) is 16.1 Å². The van der Waals surface area contributed by atoms with E-state index in [0.29, 0.717) is 5.57 Å². The van der Waals surface area contributed by atoms with Crippen molar-refractivity contribution in [1.29, 1.82) is 5.41 Å². The number of hydrogen-bond donors (Lipinski definition) is 2. The minimum Gasteiger partial charge on any atom is -0.344 e. The van der Waals surface area contributed by atoms with E-state index in [2.05, 4.69) is 144 Å². The molecule has 0 aliphatic carbocycles. The predicted octanol–water partition coefficient (Wildman–Crippen LogP) is 13.0. The third-order valence-corrected chi connectivity index (χ3v) is 9.48. The van der Waals surface area contributed by atoms with Crippen molar-refractivity contribution < 1.29 is 0 Å². The van der Waals surface area contributed by atoms with Crippen molar-refractivity contribution in [3.63, 3.8) is 0 Å². The van der Waals surface area contributed by atoms with Crippen LogP contribution in [-0.4, -0.2) is 16.2 Å². The normalized spacial score (nSPS) is 10.6. The van der Waals surface area contributed by atoms with Gasteiger partial charge in [-0.1, -0.05) is 140 Å². The van der Waals surface area contributed by atoms with Gasteiger partial charge in [-0.15, -0.1) is 0 Å². The SMILES string of the molecule is C=C(C=N)c1ccccc1-c1cc(-c2ccccc2-c2ccc(-c3ccccn3)cc2)cc(-c2ccccc2-c2ccc(-c3ccccn3)cc2)c1.N. The molecule has 2 aromatic heterocycles. The van der Waals surface area contributed by atoms with Crippen LogP contribution >= 0.6 is 0 Å². The summed E-state index contributed by atoms with van der Waals surface area (Å²) in [5.41, 5.74) is 16.8. The Balaban J connectivity index is 0.00000435. The Morgan fingerprint density at radius 3 is 1.13 bits per heavy atom. The highest BCUT2D eigenvalue weighted by atomic mass is 14.7. The van der Waals surface area contributed by atoms with Gasteiger partial charge >= 0.3 is 0 Å². The first kappa shape index (κ1) is 34.4. The van der Waals surface area contributed by atoms with Crippen molar-refractivity contribution in [2.45, 2.75) is 0 Å². The molecule has 0 saturated carbocycles. The molecule has 4 heteroatoms. The minimum absolute atomic E-state index is 0. The van der Waals surface area contributed by atoms with Crippen LogP contribution in [0.4, 0.5) is 0 Å². The highest BCUT2D eigenvalue weighted by Gasteiger charge is 2.16. The average molecular weight is 683 g/mol. The maximum atomic E-state index is 8.01. The maximum absolute atomic E-state index is 8.01. The van der Waals surface area contributed by atoms with Gasteiger partial charge < -0.3 is 11.6 Å². The van der Waals surface area contributed by atoms with Gasteiger partial charge in [0, 0.05) is 29.7 Å². The summed E-state index contributed by atoms with van der Waals surface area (Å²) >= 11 is 0. The second-order valence-corrected chi connectivity index (χ2v) is 12.7. The lowest BCUT2D eigenvalue weighted by Crippen LogP contribution is -1.93.